The normalized spacial score (nSPS) is 27.8. The number of hydrogen-bond donors (Lipinski definition) is 1. The van der Waals surface area contributed by atoms with Crippen molar-refractivity contribution < 1.29 is 0 Å². The minimum atomic E-state index is 0.662. The van der Waals surface area contributed by atoms with Gasteiger partial charge in [-0.3, -0.25) is 4.98 Å². The first-order valence-corrected chi connectivity index (χ1v) is 6.81. The van der Waals surface area contributed by atoms with Gasteiger partial charge in [0.25, 0.3) is 0 Å². The van der Waals surface area contributed by atoms with E-state index in [1.165, 1.54) is 23.8 Å². The molecule has 3 rings (SSSR count). The van der Waals surface area contributed by atoms with E-state index in [0.717, 1.165) is 5.52 Å². The maximum atomic E-state index is 4.46. The number of pyridine rings is 1. The van der Waals surface area contributed by atoms with Crippen molar-refractivity contribution in [3.05, 3.63) is 42.1 Å². The highest BCUT2D eigenvalue weighted by Crippen LogP contribution is 2.39. The lowest BCUT2D eigenvalue weighted by Crippen LogP contribution is -2.28. The summed E-state index contributed by atoms with van der Waals surface area (Å²) in [6, 6.07) is 11.5. The molecule has 94 valence electrons. The van der Waals surface area contributed by atoms with E-state index < -0.39 is 0 Å². The Morgan fingerprint density at radius 3 is 2.89 bits per heavy atom. The molecule has 3 unspecified atom stereocenters. The van der Waals surface area contributed by atoms with Gasteiger partial charge >= 0.3 is 0 Å². The fourth-order valence-electron chi connectivity index (χ4n) is 3.36. The van der Waals surface area contributed by atoms with Gasteiger partial charge in [0.2, 0.25) is 0 Å². The second-order valence-corrected chi connectivity index (χ2v) is 5.39. The molecule has 1 heterocycles. The van der Waals surface area contributed by atoms with Crippen LogP contribution in [0, 0.1) is 5.92 Å². The van der Waals surface area contributed by atoms with E-state index in [4.69, 9.17) is 0 Å². The maximum Gasteiger partial charge on any atom is 0.0704 e. The van der Waals surface area contributed by atoms with Crippen LogP contribution in [0.2, 0.25) is 0 Å². The van der Waals surface area contributed by atoms with Crippen molar-refractivity contribution in [2.24, 2.45) is 5.92 Å². The van der Waals surface area contributed by atoms with Crippen molar-refractivity contribution in [2.75, 3.05) is 7.05 Å². The van der Waals surface area contributed by atoms with Crippen LogP contribution < -0.4 is 5.32 Å². The van der Waals surface area contributed by atoms with Crippen LogP contribution in [0.25, 0.3) is 10.9 Å². The molecule has 1 aromatic carbocycles. The van der Waals surface area contributed by atoms with Gasteiger partial charge < -0.3 is 5.32 Å². The molecule has 0 amide bonds. The zero-order valence-electron chi connectivity index (χ0n) is 11.1. The molecule has 0 radical (unpaired) electrons. The number of rotatable bonds is 2. The van der Waals surface area contributed by atoms with Crippen LogP contribution in [0.3, 0.4) is 0 Å². The molecular weight excluding hydrogens is 220 g/mol. The predicted octanol–water partition coefficient (Wildman–Crippen LogP) is 3.34. The van der Waals surface area contributed by atoms with Crippen LogP contribution in [0.5, 0.6) is 0 Å². The van der Waals surface area contributed by atoms with E-state index in [-0.39, 0.29) is 0 Å². The molecular formula is C16H20N2. The van der Waals surface area contributed by atoms with Gasteiger partial charge in [0.15, 0.2) is 0 Å². The maximum absolute atomic E-state index is 4.46. The lowest BCUT2D eigenvalue weighted by atomic mass is 9.88. The van der Waals surface area contributed by atoms with Crippen LogP contribution >= 0.6 is 0 Å². The summed E-state index contributed by atoms with van der Waals surface area (Å²) in [6.07, 6.45) is 4.44. The van der Waals surface area contributed by atoms with Crippen LogP contribution in [0.15, 0.2) is 36.5 Å². The number of hydrogen-bond acceptors (Lipinski definition) is 2. The van der Waals surface area contributed by atoms with Crippen LogP contribution in [0.4, 0.5) is 0 Å². The topological polar surface area (TPSA) is 24.9 Å². The molecule has 2 heteroatoms. The van der Waals surface area contributed by atoms with Gasteiger partial charge in [-0.15, -0.1) is 0 Å². The highest BCUT2D eigenvalue weighted by Gasteiger charge is 2.32. The summed E-state index contributed by atoms with van der Waals surface area (Å²) >= 11 is 0. The Labute approximate surface area is 108 Å². The van der Waals surface area contributed by atoms with E-state index in [1.807, 2.05) is 12.3 Å². The van der Waals surface area contributed by atoms with Crippen molar-refractivity contribution >= 4 is 10.9 Å². The molecule has 1 aliphatic rings. The average Bonchev–Trinajstić information content (AvgIpc) is 2.79. The van der Waals surface area contributed by atoms with Crippen molar-refractivity contribution in [2.45, 2.75) is 31.7 Å². The van der Waals surface area contributed by atoms with Crippen molar-refractivity contribution in [3.8, 4) is 0 Å². The highest BCUT2D eigenvalue weighted by atomic mass is 14.9. The first-order valence-electron chi connectivity index (χ1n) is 6.81. The molecule has 2 nitrogen and oxygen atoms in total. The quantitative estimate of drug-likeness (QED) is 0.871. The summed E-state index contributed by atoms with van der Waals surface area (Å²) in [6.45, 7) is 2.36. The molecule has 1 saturated carbocycles. The Balaban J connectivity index is 1.95. The van der Waals surface area contributed by atoms with Crippen LogP contribution in [0.1, 0.15) is 31.2 Å². The number of aromatic nitrogens is 1. The van der Waals surface area contributed by atoms with Gasteiger partial charge in [-0.25, -0.2) is 0 Å². The number of nitrogens with one attached hydrogen (secondary N) is 1. The molecule has 3 atom stereocenters. The summed E-state index contributed by atoms with van der Waals surface area (Å²) < 4.78 is 0. The Morgan fingerprint density at radius 1 is 1.22 bits per heavy atom. The lowest BCUT2D eigenvalue weighted by molar-refractivity contribution is 0.429. The van der Waals surface area contributed by atoms with Crippen molar-refractivity contribution in [1.82, 2.24) is 10.3 Å². The molecule has 0 spiro atoms. The molecule has 18 heavy (non-hydrogen) atoms. The van der Waals surface area contributed by atoms with Crippen LogP contribution in [-0.2, 0) is 0 Å². The third kappa shape index (κ3) is 1.91. The zero-order chi connectivity index (χ0) is 12.5. The molecule has 0 aliphatic heterocycles. The predicted molar refractivity (Wildman–Crippen MR) is 75.7 cm³/mol. The number of nitrogens with zero attached hydrogens (tertiary/aromatic N) is 1. The van der Waals surface area contributed by atoms with Crippen LogP contribution in [-0.4, -0.2) is 18.1 Å². The Bertz CT molecular complexity index is 550. The zero-order valence-corrected chi connectivity index (χ0v) is 11.1. The smallest absolute Gasteiger partial charge is 0.0704 e. The summed E-state index contributed by atoms with van der Waals surface area (Å²) in [5, 5.41) is 4.67. The summed E-state index contributed by atoms with van der Waals surface area (Å²) in [7, 11) is 2.07. The Morgan fingerprint density at radius 2 is 2.11 bits per heavy atom. The SMILES string of the molecule is CNC1CCC(c2ccc3cccnc3c2)C1C. The van der Waals surface area contributed by atoms with E-state index in [1.54, 1.807) is 0 Å². The van der Waals surface area contributed by atoms with Gasteiger partial charge in [0.05, 0.1) is 5.52 Å². The molecule has 1 N–H and O–H groups in total. The lowest BCUT2D eigenvalue weighted by Gasteiger charge is -2.20. The van der Waals surface area contributed by atoms with Gasteiger partial charge in [-0.05, 0) is 49.4 Å². The minimum absolute atomic E-state index is 0.662. The standard InChI is InChI=1S/C16H20N2/c1-11-14(7-8-15(11)17-2)13-6-5-12-4-3-9-18-16(12)10-13/h3-6,9-11,14-15,17H,7-8H2,1-2H3. The van der Waals surface area contributed by atoms with E-state index in [2.05, 4.69) is 48.5 Å². The van der Waals surface area contributed by atoms with E-state index in [9.17, 15) is 0 Å². The Kier molecular flexibility index (Phi) is 3.04. The number of benzene rings is 1. The van der Waals surface area contributed by atoms with Gasteiger partial charge in [0.1, 0.15) is 0 Å². The molecule has 1 aliphatic carbocycles. The van der Waals surface area contributed by atoms with Gasteiger partial charge in [-0.2, -0.15) is 0 Å². The molecule has 0 saturated heterocycles. The summed E-state index contributed by atoms with van der Waals surface area (Å²) in [5.41, 5.74) is 2.57. The molecule has 1 fully saturated rings. The molecule has 0 bridgehead atoms. The molecule has 1 aromatic heterocycles. The summed E-state index contributed by atoms with van der Waals surface area (Å²) in [5.74, 6) is 1.38. The second-order valence-electron chi connectivity index (χ2n) is 5.39. The van der Waals surface area contributed by atoms with E-state index >= 15 is 0 Å². The van der Waals surface area contributed by atoms with Crippen molar-refractivity contribution in [3.63, 3.8) is 0 Å². The monoisotopic (exact) mass is 240 g/mol. The molecule has 2 aromatic rings. The first kappa shape index (κ1) is 11.7. The second kappa shape index (κ2) is 4.69. The van der Waals surface area contributed by atoms with Crippen molar-refractivity contribution in [1.29, 1.82) is 0 Å². The highest BCUT2D eigenvalue weighted by molar-refractivity contribution is 5.79. The third-order valence-corrected chi connectivity index (χ3v) is 4.49. The summed E-state index contributed by atoms with van der Waals surface area (Å²) in [4.78, 5) is 4.46. The van der Waals surface area contributed by atoms with Gasteiger partial charge in [0, 0.05) is 17.6 Å². The van der Waals surface area contributed by atoms with E-state index in [0.29, 0.717) is 17.9 Å². The number of fused-ring (bicyclic) bond motifs is 1. The van der Waals surface area contributed by atoms with Gasteiger partial charge in [-0.1, -0.05) is 25.1 Å². The third-order valence-electron chi connectivity index (χ3n) is 4.49. The Hall–Kier alpha value is -1.41. The fourth-order valence-corrected chi connectivity index (χ4v) is 3.36. The minimum Gasteiger partial charge on any atom is -0.317 e. The largest absolute Gasteiger partial charge is 0.317 e. The average molecular weight is 240 g/mol. The first-order chi connectivity index (χ1) is 8.79. The fraction of sp³-hybridized carbons (Fsp3) is 0.438.